The smallest absolute Gasteiger partial charge is 0.340 e. The standard InChI is InChI=1S/C25H27N3O2S2/c1-30-24(29)21-16-22(19-10-6-3-7-11-19)32-23(21)27-25(31)26-20-12-14-28(15-13-20)17-18-8-4-2-5-9-18/h2-11,16,20H,12-15,17H2,1H3,(H2,26,27,31). The summed E-state index contributed by atoms with van der Waals surface area (Å²) in [7, 11) is 1.39. The summed E-state index contributed by atoms with van der Waals surface area (Å²) in [5.74, 6) is -0.372. The van der Waals surface area contributed by atoms with Crippen molar-refractivity contribution >= 4 is 39.6 Å². The van der Waals surface area contributed by atoms with Gasteiger partial charge in [-0.1, -0.05) is 60.7 Å². The zero-order chi connectivity index (χ0) is 22.3. The van der Waals surface area contributed by atoms with Crippen LogP contribution in [0.3, 0.4) is 0 Å². The van der Waals surface area contributed by atoms with Crippen LogP contribution < -0.4 is 10.6 Å². The second-order valence-electron chi connectivity index (χ2n) is 7.85. The number of esters is 1. The Morgan fingerprint density at radius 3 is 2.41 bits per heavy atom. The van der Waals surface area contributed by atoms with Crippen LogP contribution in [0.5, 0.6) is 0 Å². The molecule has 0 aliphatic carbocycles. The molecule has 0 bridgehead atoms. The number of carbonyl (C=O) groups excluding carboxylic acids is 1. The van der Waals surface area contributed by atoms with E-state index in [1.165, 1.54) is 24.0 Å². The van der Waals surface area contributed by atoms with Crippen molar-refractivity contribution in [3.05, 3.63) is 77.9 Å². The van der Waals surface area contributed by atoms with E-state index in [1.54, 1.807) is 0 Å². The Bertz CT molecular complexity index is 1050. The van der Waals surface area contributed by atoms with E-state index in [0.29, 0.717) is 21.7 Å². The fraction of sp³-hybridized carbons (Fsp3) is 0.280. The highest BCUT2D eigenvalue weighted by atomic mass is 32.1. The SMILES string of the molecule is COC(=O)c1cc(-c2ccccc2)sc1NC(=S)NC1CCN(Cc2ccccc2)CC1. The summed E-state index contributed by atoms with van der Waals surface area (Å²) >= 11 is 7.08. The van der Waals surface area contributed by atoms with E-state index in [9.17, 15) is 4.79 Å². The molecular weight excluding hydrogens is 438 g/mol. The highest BCUT2D eigenvalue weighted by Gasteiger charge is 2.22. The first-order chi connectivity index (χ1) is 15.6. The molecule has 166 valence electrons. The lowest BCUT2D eigenvalue weighted by atomic mass is 10.0. The molecule has 1 aromatic heterocycles. The minimum atomic E-state index is -0.372. The molecule has 32 heavy (non-hydrogen) atoms. The van der Waals surface area contributed by atoms with Crippen LogP contribution >= 0.6 is 23.6 Å². The number of thiophene rings is 1. The second kappa shape index (κ2) is 10.7. The quantitative estimate of drug-likeness (QED) is 0.388. The van der Waals surface area contributed by atoms with Crippen LogP contribution in [0.25, 0.3) is 10.4 Å². The van der Waals surface area contributed by atoms with Crippen molar-refractivity contribution in [2.75, 3.05) is 25.5 Å². The lowest BCUT2D eigenvalue weighted by Gasteiger charge is -2.33. The van der Waals surface area contributed by atoms with E-state index in [-0.39, 0.29) is 5.97 Å². The number of thiocarbonyl (C=S) groups is 1. The van der Waals surface area contributed by atoms with E-state index in [0.717, 1.165) is 42.9 Å². The van der Waals surface area contributed by atoms with Crippen LogP contribution in [0, 0.1) is 0 Å². The molecule has 0 radical (unpaired) electrons. The molecule has 0 unspecified atom stereocenters. The van der Waals surface area contributed by atoms with Crippen molar-refractivity contribution in [1.82, 2.24) is 10.2 Å². The number of nitrogens with zero attached hydrogens (tertiary/aromatic N) is 1. The highest BCUT2D eigenvalue weighted by Crippen LogP contribution is 2.35. The molecule has 0 atom stereocenters. The Morgan fingerprint density at radius 2 is 1.75 bits per heavy atom. The average molecular weight is 466 g/mol. The summed E-state index contributed by atoms with van der Waals surface area (Å²) in [6.45, 7) is 3.04. The summed E-state index contributed by atoms with van der Waals surface area (Å²) in [5.41, 5.74) is 2.90. The Kier molecular flexibility index (Phi) is 7.52. The molecule has 5 nitrogen and oxygen atoms in total. The van der Waals surface area contributed by atoms with E-state index in [2.05, 4.69) is 45.9 Å². The zero-order valence-corrected chi connectivity index (χ0v) is 19.7. The minimum absolute atomic E-state index is 0.317. The van der Waals surface area contributed by atoms with Gasteiger partial charge < -0.3 is 15.4 Å². The summed E-state index contributed by atoms with van der Waals surface area (Å²) in [6.07, 6.45) is 2.05. The third-order valence-corrected chi connectivity index (χ3v) is 6.91. The predicted molar refractivity (Wildman–Crippen MR) is 135 cm³/mol. The summed E-state index contributed by atoms with van der Waals surface area (Å²) in [4.78, 5) is 15.8. The van der Waals surface area contributed by atoms with Crippen LogP contribution in [-0.4, -0.2) is 42.2 Å². The van der Waals surface area contributed by atoms with E-state index < -0.39 is 0 Å². The van der Waals surface area contributed by atoms with Gasteiger partial charge in [0.2, 0.25) is 0 Å². The van der Waals surface area contributed by atoms with Gasteiger partial charge in [0.25, 0.3) is 0 Å². The molecule has 0 amide bonds. The van der Waals surface area contributed by atoms with E-state index in [1.807, 2.05) is 36.4 Å². The maximum Gasteiger partial charge on any atom is 0.340 e. The number of rotatable bonds is 6. The van der Waals surface area contributed by atoms with E-state index >= 15 is 0 Å². The number of piperidine rings is 1. The number of hydrogen-bond acceptors (Lipinski definition) is 5. The van der Waals surface area contributed by atoms with Crippen molar-refractivity contribution < 1.29 is 9.53 Å². The second-order valence-corrected chi connectivity index (χ2v) is 9.31. The number of ether oxygens (including phenoxy) is 1. The molecule has 7 heteroatoms. The normalized spacial score (nSPS) is 14.7. The molecule has 4 rings (SSSR count). The molecular formula is C25H27N3O2S2. The molecule has 1 aliphatic heterocycles. The first-order valence-electron chi connectivity index (χ1n) is 10.7. The summed E-state index contributed by atoms with van der Waals surface area (Å²) in [6, 6.07) is 22.7. The fourth-order valence-electron chi connectivity index (χ4n) is 3.89. The first kappa shape index (κ1) is 22.5. The van der Waals surface area contributed by atoms with Gasteiger partial charge in [0.1, 0.15) is 5.00 Å². The zero-order valence-electron chi connectivity index (χ0n) is 18.0. The number of likely N-dealkylation sites (tertiary alicyclic amines) is 1. The Morgan fingerprint density at radius 1 is 1.09 bits per heavy atom. The van der Waals surface area contributed by atoms with Gasteiger partial charge in [-0.25, -0.2) is 4.79 Å². The molecule has 1 fully saturated rings. The van der Waals surface area contributed by atoms with Crippen LogP contribution in [0.2, 0.25) is 0 Å². The van der Waals surface area contributed by atoms with Crippen LogP contribution in [0.15, 0.2) is 66.7 Å². The number of anilines is 1. The number of benzene rings is 2. The minimum Gasteiger partial charge on any atom is -0.465 e. The Labute approximate surface area is 198 Å². The third kappa shape index (κ3) is 5.73. The number of nitrogens with one attached hydrogen (secondary N) is 2. The van der Waals surface area contributed by atoms with Gasteiger partial charge in [0, 0.05) is 30.6 Å². The molecule has 2 aromatic carbocycles. The molecule has 2 N–H and O–H groups in total. The van der Waals surface area contributed by atoms with Crippen molar-refractivity contribution in [3.63, 3.8) is 0 Å². The first-order valence-corrected chi connectivity index (χ1v) is 12.0. The van der Waals surface area contributed by atoms with Gasteiger partial charge in [-0.05, 0) is 42.3 Å². The maximum atomic E-state index is 12.3. The summed E-state index contributed by atoms with van der Waals surface area (Å²) < 4.78 is 4.98. The van der Waals surface area contributed by atoms with Gasteiger partial charge in [-0.2, -0.15) is 0 Å². The van der Waals surface area contributed by atoms with Crippen LogP contribution in [0.1, 0.15) is 28.8 Å². The van der Waals surface area contributed by atoms with Gasteiger partial charge in [-0.3, -0.25) is 4.90 Å². The molecule has 2 heterocycles. The Balaban J connectivity index is 1.35. The van der Waals surface area contributed by atoms with Crippen molar-refractivity contribution in [2.45, 2.75) is 25.4 Å². The molecule has 3 aromatic rings. The topological polar surface area (TPSA) is 53.6 Å². The van der Waals surface area contributed by atoms with Crippen molar-refractivity contribution in [2.24, 2.45) is 0 Å². The number of hydrogen-bond donors (Lipinski definition) is 2. The number of carbonyl (C=O) groups is 1. The summed E-state index contributed by atoms with van der Waals surface area (Å²) in [5, 5.41) is 7.92. The maximum absolute atomic E-state index is 12.3. The lowest BCUT2D eigenvalue weighted by Crippen LogP contribution is -2.45. The van der Waals surface area contributed by atoms with Crippen LogP contribution in [0.4, 0.5) is 5.00 Å². The Hall–Kier alpha value is -2.74. The van der Waals surface area contributed by atoms with Gasteiger partial charge >= 0.3 is 5.97 Å². The number of methoxy groups -OCH3 is 1. The lowest BCUT2D eigenvalue weighted by molar-refractivity contribution is 0.0602. The predicted octanol–water partition coefficient (Wildman–Crippen LogP) is 5.15. The van der Waals surface area contributed by atoms with Crippen molar-refractivity contribution in [1.29, 1.82) is 0 Å². The highest BCUT2D eigenvalue weighted by molar-refractivity contribution is 7.80. The monoisotopic (exact) mass is 465 g/mol. The van der Waals surface area contributed by atoms with E-state index in [4.69, 9.17) is 17.0 Å². The largest absolute Gasteiger partial charge is 0.465 e. The van der Waals surface area contributed by atoms with Crippen molar-refractivity contribution in [3.8, 4) is 10.4 Å². The van der Waals surface area contributed by atoms with Gasteiger partial charge in [0.05, 0.1) is 12.7 Å². The third-order valence-electron chi connectivity index (χ3n) is 5.59. The molecule has 1 aliphatic rings. The van der Waals surface area contributed by atoms with Gasteiger partial charge in [0.15, 0.2) is 5.11 Å². The average Bonchev–Trinajstić information content (AvgIpc) is 3.24. The molecule has 0 spiro atoms. The molecule has 0 saturated carbocycles. The van der Waals surface area contributed by atoms with Gasteiger partial charge in [-0.15, -0.1) is 11.3 Å². The van der Waals surface area contributed by atoms with Crippen LogP contribution in [-0.2, 0) is 11.3 Å². The fourth-order valence-corrected chi connectivity index (χ4v) is 5.28. The molecule has 1 saturated heterocycles.